The van der Waals surface area contributed by atoms with E-state index in [0.717, 1.165) is 64.2 Å². The lowest BCUT2D eigenvalue weighted by molar-refractivity contribution is -0.357. The van der Waals surface area contributed by atoms with Crippen molar-refractivity contribution in [3.8, 4) is 0 Å². The second kappa shape index (κ2) is 17.7. The van der Waals surface area contributed by atoms with Crippen LogP contribution in [0, 0.1) is 17.8 Å². The van der Waals surface area contributed by atoms with Gasteiger partial charge in [-0.15, -0.1) is 0 Å². The molecule has 12 heteroatoms. The summed E-state index contributed by atoms with van der Waals surface area (Å²) in [4.78, 5) is 12.8. The monoisotopic (exact) mass is 618 g/mol. The van der Waals surface area contributed by atoms with Crippen molar-refractivity contribution < 1.29 is 49.3 Å². The fourth-order valence-electron chi connectivity index (χ4n) is 6.74. The quantitative estimate of drug-likeness (QED) is 0.205. The highest BCUT2D eigenvalue weighted by molar-refractivity contribution is 5.78. The van der Waals surface area contributed by atoms with Crippen LogP contribution in [0.25, 0.3) is 0 Å². The Kier molecular flexibility index (Phi) is 15.0. The number of nitrogens with two attached hydrogens (primary N) is 1. The van der Waals surface area contributed by atoms with Gasteiger partial charge in [0, 0.05) is 12.5 Å². The summed E-state index contributed by atoms with van der Waals surface area (Å²) in [6.45, 7) is 8.10. The molecule has 8 N–H and O–H groups in total. The predicted molar refractivity (Wildman–Crippen MR) is 159 cm³/mol. The van der Waals surface area contributed by atoms with Crippen molar-refractivity contribution in [2.75, 3.05) is 13.2 Å². The summed E-state index contributed by atoms with van der Waals surface area (Å²) in [5.74, 6) is 0.848. The summed E-state index contributed by atoms with van der Waals surface area (Å²) < 4.78 is 24.5. The van der Waals surface area contributed by atoms with Gasteiger partial charge in [0.1, 0.15) is 30.5 Å². The highest BCUT2D eigenvalue weighted by Gasteiger charge is 2.50. The number of carbonyl (C=O) groups excluding carboxylic acids is 1. The van der Waals surface area contributed by atoms with Crippen LogP contribution in [0.4, 0.5) is 0 Å². The Morgan fingerprint density at radius 3 is 2.23 bits per heavy atom. The third-order valence-corrected chi connectivity index (χ3v) is 9.89. The zero-order valence-electron chi connectivity index (χ0n) is 26.4. The van der Waals surface area contributed by atoms with Crippen LogP contribution >= 0.6 is 0 Å². The zero-order chi connectivity index (χ0) is 31.7. The number of rotatable bonds is 8. The predicted octanol–water partition coefficient (Wildman–Crippen LogP) is 0.929. The molecule has 252 valence electrons. The highest BCUT2D eigenvalue weighted by Crippen LogP contribution is 2.34. The van der Waals surface area contributed by atoms with E-state index in [0.29, 0.717) is 12.5 Å². The largest absolute Gasteiger partial charge is 0.394 e. The molecule has 0 bridgehead atoms. The molecule has 0 saturated carbocycles. The average Bonchev–Trinajstić information content (AvgIpc) is 3.00. The summed E-state index contributed by atoms with van der Waals surface area (Å²) in [7, 11) is 0. The van der Waals surface area contributed by atoms with Gasteiger partial charge in [0.2, 0.25) is 5.91 Å². The highest BCUT2D eigenvalue weighted by atomic mass is 16.8. The van der Waals surface area contributed by atoms with E-state index in [-0.39, 0.29) is 23.8 Å². The van der Waals surface area contributed by atoms with Crippen molar-refractivity contribution in [2.24, 2.45) is 23.5 Å². The number of aliphatic hydroxyl groups excluding tert-OH is 5. The molecule has 3 aliphatic rings. The van der Waals surface area contributed by atoms with Gasteiger partial charge < -0.3 is 55.5 Å². The van der Waals surface area contributed by atoms with Gasteiger partial charge in [-0.25, -0.2) is 0 Å². The Morgan fingerprint density at radius 1 is 0.837 bits per heavy atom. The summed E-state index contributed by atoms with van der Waals surface area (Å²) in [5, 5.41) is 54.6. The van der Waals surface area contributed by atoms with E-state index in [1.807, 2.05) is 0 Å². The first-order valence-electron chi connectivity index (χ1n) is 16.5. The topological polar surface area (TPSA) is 193 Å². The summed E-state index contributed by atoms with van der Waals surface area (Å²) >= 11 is 0. The summed E-state index contributed by atoms with van der Waals surface area (Å²) in [5.41, 5.74) is 6.44. The van der Waals surface area contributed by atoms with Crippen molar-refractivity contribution >= 4 is 5.91 Å². The van der Waals surface area contributed by atoms with Gasteiger partial charge in [-0.05, 0) is 57.3 Å². The van der Waals surface area contributed by atoms with E-state index < -0.39 is 68.0 Å². The van der Waals surface area contributed by atoms with Crippen LogP contribution in [0.2, 0.25) is 0 Å². The number of hydrogen-bond donors (Lipinski definition) is 7. The molecule has 12 nitrogen and oxygen atoms in total. The number of ether oxygens (including phenoxy) is 4. The molecule has 0 aromatic heterocycles. The normalized spacial score (nSPS) is 44.4. The Labute approximate surface area is 256 Å². The van der Waals surface area contributed by atoms with Crippen LogP contribution in [0.3, 0.4) is 0 Å². The maximum Gasteiger partial charge on any atom is 0.223 e. The van der Waals surface area contributed by atoms with Gasteiger partial charge in [0.05, 0.1) is 31.0 Å². The van der Waals surface area contributed by atoms with E-state index in [2.05, 4.69) is 26.1 Å². The standard InChI is InChI=1S/C31H58N2O10/c1-5-18-10-8-11-20(7-3)29(39)33-15-9-12-19(6-2)21(14-13-18)41-31-28(23(32)24(35)17(4)40-31)43-30-27(38)26(37)25(36)22(16-34)42-30/h17-28,30-31,34-38H,5-16,32H2,1-4H3,(H,33,39)/t17-,18?,19-,20?,21?,22-,23+,24-,25-,26+,27-,28+,30-,31-/m1/s1. The van der Waals surface area contributed by atoms with E-state index >= 15 is 0 Å². The van der Waals surface area contributed by atoms with Crippen molar-refractivity contribution in [1.29, 1.82) is 0 Å². The second-order valence-electron chi connectivity index (χ2n) is 12.7. The van der Waals surface area contributed by atoms with E-state index in [4.69, 9.17) is 24.7 Å². The van der Waals surface area contributed by atoms with Crippen molar-refractivity contribution in [2.45, 2.75) is 159 Å². The lowest BCUT2D eigenvalue weighted by Gasteiger charge is -2.47. The van der Waals surface area contributed by atoms with Crippen LogP contribution in [0.1, 0.15) is 91.9 Å². The van der Waals surface area contributed by atoms with Gasteiger partial charge in [-0.2, -0.15) is 0 Å². The maximum atomic E-state index is 12.8. The van der Waals surface area contributed by atoms with Crippen molar-refractivity contribution in [3.63, 3.8) is 0 Å². The first-order chi connectivity index (χ1) is 20.6. The molecular formula is C31H58N2O10. The van der Waals surface area contributed by atoms with Gasteiger partial charge >= 0.3 is 0 Å². The van der Waals surface area contributed by atoms with Crippen LogP contribution in [0.15, 0.2) is 0 Å². The van der Waals surface area contributed by atoms with E-state index in [1.165, 1.54) is 0 Å². The SMILES string of the molecule is CCC1CCCC(CC)C(=O)NCCC[C@@H](CC)C(O[C@H]2O[C@H](C)[C@@H](O)[C@H](N)[C@@H]2O[C@H]2O[C@H](CO)[C@@H](O)[C@H](O)[C@H]2O)CC1. The molecule has 0 spiro atoms. The van der Waals surface area contributed by atoms with Crippen LogP contribution < -0.4 is 11.1 Å². The van der Waals surface area contributed by atoms with Crippen LogP contribution in [0.5, 0.6) is 0 Å². The fraction of sp³-hybridized carbons (Fsp3) is 0.968. The van der Waals surface area contributed by atoms with Gasteiger partial charge in [-0.1, -0.05) is 46.5 Å². The molecule has 43 heavy (non-hydrogen) atoms. The van der Waals surface area contributed by atoms with Crippen LogP contribution in [-0.4, -0.2) is 112 Å². The molecule has 3 fully saturated rings. The third-order valence-electron chi connectivity index (χ3n) is 9.89. The smallest absolute Gasteiger partial charge is 0.223 e. The minimum absolute atomic E-state index is 0.0594. The molecule has 14 atom stereocenters. The van der Waals surface area contributed by atoms with Gasteiger partial charge in [0.15, 0.2) is 12.6 Å². The lowest BCUT2D eigenvalue weighted by atomic mass is 9.85. The Balaban J connectivity index is 1.81. The molecule has 3 heterocycles. The van der Waals surface area contributed by atoms with Crippen molar-refractivity contribution in [1.82, 2.24) is 5.32 Å². The average molecular weight is 619 g/mol. The molecular weight excluding hydrogens is 560 g/mol. The number of hydrogen-bond acceptors (Lipinski definition) is 11. The molecule has 0 aliphatic carbocycles. The minimum Gasteiger partial charge on any atom is -0.394 e. The number of aliphatic hydroxyl groups is 5. The maximum absolute atomic E-state index is 12.8. The third kappa shape index (κ3) is 9.54. The first-order valence-corrected chi connectivity index (χ1v) is 16.5. The first kappa shape index (κ1) is 36.5. The summed E-state index contributed by atoms with van der Waals surface area (Å²) in [6, 6.07) is -0.968. The van der Waals surface area contributed by atoms with Crippen molar-refractivity contribution in [3.05, 3.63) is 0 Å². The minimum atomic E-state index is -1.63. The Morgan fingerprint density at radius 2 is 1.58 bits per heavy atom. The Hall–Kier alpha value is -0.930. The van der Waals surface area contributed by atoms with E-state index in [9.17, 15) is 30.3 Å². The van der Waals surface area contributed by atoms with Crippen LogP contribution in [-0.2, 0) is 23.7 Å². The van der Waals surface area contributed by atoms with Gasteiger partial charge in [0.25, 0.3) is 0 Å². The number of carbonyl (C=O) groups is 1. The molecule has 0 aromatic rings. The second-order valence-corrected chi connectivity index (χ2v) is 12.7. The molecule has 1 amide bonds. The molecule has 3 aliphatic heterocycles. The molecule has 0 aromatic carbocycles. The molecule has 3 rings (SSSR count). The van der Waals surface area contributed by atoms with E-state index in [1.54, 1.807) is 6.92 Å². The molecule has 3 unspecified atom stereocenters. The van der Waals surface area contributed by atoms with Gasteiger partial charge in [-0.3, -0.25) is 4.79 Å². The zero-order valence-corrected chi connectivity index (χ0v) is 26.4. The lowest BCUT2D eigenvalue weighted by Crippen LogP contribution is -2.66. The Bertz CT molecular complexity index is 821. The summed E-state index contributed by atoms with van der Waals surface area (Å²) in [6.07, 6.45) is -2.41. The molecule has 3 saturated heterocycles. The number of nitrogens with one attached hydrogen (secondary N) is 1. The fourth-order valence-corrected chi connectivity index (χ4v) is 6.74. The number of amides is 1. The molecule has 0 radical (unpaired) electrons.